The maximum Gasteiger partial charge on any atom is 0.260 e. The number of benzene rings is 2. The summed E-state index contributed by atoms with van der Waals surface area (Å²) in [4.78, 5) is 13.8. The average Bonchev–Trinajstić information content (AvgIpc) is 2.48. The van der Waals surface area contributed by atoms with Crippen molar-refractivity contribution in [1.82, 2.24) is 0 Å². The molecule has 2 rings (SSSR count). The van der Waals surface area contributed by atoms with Crippen LogP contribution in [0.5, 0.6) is 0 Å². The molecule has 0 unspecified atom stereocenters. The topological polar surface area (TPSA) is 44.1 Å². The number of hydrogen-bond donors (Lipinski definition) is 0. The minimum atomic E-state index is -0.538. The van der Waals surface area contributed by atoms with E-state index in [0.29, 0.717) is 11.3 Å². The van der Waals surface area contributed by atoms with E-state index in [0.717, 1.165) is 11.1 Å². The number of nitrogens with zero attached hydrogens (tertiary/aromatic N) is 2. The average molecular weight is 282 g/mol. The Hall–Kier alpha value is -2.67. The van der Waals surface area contributed by atoms with Gasteiger partial charge in [0.15, 0.2) is 0 Å². The molecule has 0 fully saturated rings. The zero-order valence-electron chi connectivity index (χ0n) is 12.1. The molecule has 0 atom stereocenters. The number of aryl methyl sites for hydroxylation is 2. The molecule has 4 heteroatoms. The van der Waals surface area contributed by atoms with E-state index in [-0.39, 0.29) is 5.56 Å². The Kier molecular flexibility index (Phi) is 4.04. The van der Waals surface area contributed by atoms with E-state index < -0.39 is 11.7 Å². The van der Waals surface area contributed by atoms with E-state index in [2.05, 4.69) is 0 Å². The number of carbonyl (C=O) groups is 1. The fourth-order valence-electron chi connectivity index (χ4n) is 2.19. The predicted octanol–water partition coefficient (Wildman–Crippen LogP) is 3.59. The molecular formula is C17H15FN2O. The van der Waals surface area contributed by atoms with Gasteiger partial charge in [-0.1, -0.05) is 11.6 Å². The second-order valence-corrected chi connectivity index (χ2v) is 4.96. The van der Waals surface area contributed by atoms with Gasteiger partial charge in [0.1, 0.15) is 5.82 Å². The number of nitriles is 1. The molecule has 2 aromatic carbocycles. The monoisotopic (exact) mass is 282 g/mol. The molecular weight excluding hydrogens is 267 g/mol. The van der Waals surface area contributed by atoms with Crippen LogP contribution >= 0.6 is 0 Å². The molecule has 0 radical (unpaired) electrons. The van der Waals surface area contributed by atoms with Gasteiger partial charge in [-0.3, -0.25) is 4.79 Å². The van der Waals surface area contributed by atoms with Crippen molar-refractivity contribution >= 4 is 11.6 Å². The van der Waals surface area contributed by atoms with E-state index in [1.807, 2.05) is 19.9 Å². The number of hydrogen-bond acceptors (Lipinski definition) is 2. The Morgan fingerprint density at radius 2 is 1.90 bits per heavy atom. The molecule has 0 aromatic heterocycles. The standard InChI is InChI=1S/C17H15FN2O/c1-11-4-6-15(18)14(8-11)17(21)20(3)16-7-5-13(10-19)9-12(16)2/h4-9H,1-3H3. The predicted molar refractivity (Wildman–Crippen MR) is 79.8 cm³/mol. The zero-order chi connectivity index (χ0) is 15.6. The summed E-state index contributed by atoms with van der Waals surface area (Å²) < 4.78 is 13.8. The van der Waals surface area contributed by atoms with E-state index in [1.54, 1.807) is 31.3 Å². The highest BCUT2D eigenvalue weighted by Gasteiger charge is 2.19. The second-order valence-electron chi connectivity index (χ2n) is 4.96. The number of amides is 1. The zero-order valence-corrected chi connectivity index (χ0v) is 12.1. The summed E-state index contributed by atoms with van der Waals surface area (Å²) in [6.45, 7) is 3.62. The van der Waals surface area contributed by atoms with Crippen LogP contribution < -0.4 is 4.90 Å². The lowest BCUT2D eigenvalue weighted by molar-refractivity contribution is 0.0989. The first kappa shape index (κ1) is 14.7. The molecule has 0 heterocycles. The minimum Gasteiger partial charge on any atom is -0.311 e. The third kappa shape index (κ3) is 2.92. The summed E-state index contributed by atoms with van der Waals surface area (Å²) in [7, 11) is 1.60. The van der Waals surface area contributed by atoms with Crippen molar-refractivity contribution in [3.05, 3.63) is 64.5 Å². The van der Waals surface area contributed by atoms with Gasteiger partial charge in [-0.15, -0.1) is 0 Å². The maximum absolute atomic E-state index is 13.8. The highest BCUT2D eigenvalue weighted by atomic mass is 19.1. The summed E-state index contributed by atoms with van der Waals surface area (Å²) in [6.07, 6.45) is 0. The first-order chi connectivity index (χ1) is 9.93. The van der Waals surface area contributed by atoms with Crippen molar-refractivity contribution in [1.29, 1.82) is 5.26 Å². The van der Waals surface area contributed by atoms with Crippen LogP contribution in [-0.4, -0.2) is 13.0 Å². The van der Waals surface area contributed by atoms with Gasteiger partial charge in [-0.2, -0.15) is 5.26 Å². The fraction of sp³-hybridized carbons (Fsp3) is 0.176. The fourth-order valence-corrected chi connectivity index (χ4v) is 2.19. The Bertz CT molecular complexity index is 747. The van der Waals surface area contributed by atoms with Crippen LogP contribution in [0.25, 0.3) is 0 Å². The van der Waals surface area contributed by atoms with Gasteiger partial charge >= 0.3 is 0 Å². The van der Waals surface area contributed by atoms with Crippen molar-refractivity contribution < 1.29 is 9.18 Å². The number of halogens is 1. The first-order valence-electron chi connectivity index (χ1n) is 6.49. The highest BCUT2D eigenvalue weighted by molar-refractivity contribution is 6.06. The van der Waals surface area contributed by atoms with Crippen molar-refractivity contribution in [3.8, 4) is 6.07 Å². The van der Waals surface area contributed by atoms with Crippen LogP contribution in [0.1, 0.15) is 27.0 Å². The van der Waals surface area contributed by atoms with Gasteiger partial charge in [0.05, 0.1) is 17.2 Å². The summed E-state index contributed by atoms with van der Waals surface area (Å²) in [5.74, 6) is -0.951. The van der Waals surface area contributed by atoms with Gasteiger partial charge in [0, 0.05) is 12.7 Å². The third-order valence-corrected chi connectivity index (χ3v) is 3.34. The minimum absolute atomic E-state index is 0.0428. The molecule has 0 spiro atoms. The van der Waals surface area contributed by atoms with Gasteiger partial charge in [-0.05, 0) is 49.7 Å². The lowest BCUT2D eigenvalue weighted by Gasteiger charge is -2.20. The van der Waals surface area contributed by atoms with E-state index in [4.69, 9.17) is 5.26 Å². The van der Waals surface area contributed by atoms with Gasteiger partial charge in [-0.25, -0.2) is 4.39 Å². The third-order valence-electron chi connectivity index (χ3n) is 3.34. The summed E-state index contributed by atoms with van der Waals surface area (Å²) >= 11 is 0. The van der Waals surface area contributed by atoms with Crippen molar-refractivity contribution in [2.24, 2.45) is 0 Å². The number of rotatable bonds is 2. The summed E-state index contributed by atoms with van der Waals surface area (Å²) in [5, 5.41) is 8.87. The Morgan fingerprint density at radius 1 is 1.19 bits per heavy atom. The van der Waals surface area contributed by atoms with E-state index in [1.165, 1.54) is 17.0 Å². The summed E-state index contributed by atoms with van der Waals surface area (Å²) in [5.41, 5.74) is 2.84. The Balaban J connectivity index is 2.40. The Morgan fingerprint density at radius 3 is 2.52 bits per heavy atom. The molecule has 0 aliphatic carbocycles. The van der Waals surface area contributed by atoms with E-state index >= 15 is 0 Å². The molecule has 3 nitrogen and oxygen atoms in total. The molecule has 0 saturated heterocycles. The molecule has 0 bridgehead atoms. The Labute approximate surface area is 123 Å². The SMILES string of the molecule is Cc1ccc(F)c(C(=O)N(C)c2ccc(C#N)cc2C)c1. The van der Waals surface area contributed by atoms with Crippen LogP contribution in [0.15, 0.2) is 36.4 Å². The second kappa shape index (κ2) is 5.76. The van der Waals surface area contributed by atoms with Crippen molar-refractivity contribution in [3.63, 3.8) is 0 Å². The summed E-state index contributed by atoms with van der Waals surface area (Å²) in [6, 6.07) is 11.5. The lowest BCUT2D eigenvalue weighted by atomic mass is 10.1. The van der Waals surface area contributed by atoms with Crippen LogP contribution in [0.3, 0.4) is 0 Å². The molecule has 106 valence electrons. The van der Waals surface area contributed by atoms with Crippen LogP contribution in [0, 0.1) is 31.0 Å². The van der Waals surface area contributed by atoms with Crippen molar-refractivity contribution in [2.75, 3.05) is 11.9 Å². The molecule has 0 saturated carbocycles. The molecule has 2 aromatic rings. The molecule has 21 heavy (non-hydrogen) atoms. The quantitative estimate of drug-likeness (QED) is 0.845. The molecule has 0 N–H and O–H groups in total. The van der Waals surface area contributed by atoms with Gasteiger partial charge < -0.3 is 4.90 Å². The molecule has 1 amide bonds. The normalized spacial score (nSPS) is 10.0. The largest absolute Gasteiger partial charge is 0.311 e. The molecule has 0 aliphatic heterocycles. The number of carbonyl (C=O) groups excluding carboxylic acids is 1. The van der Waals surface area contributed by atoms with Crippen molar-refractivity contribution in [2.45, 2.75) is 13.8 Å². The maximum atomic E-state index is 13.8. The van der Waals surface area contributed by atoms with E-state index in [9.17, 15) is 9.18 Å². The van der Waals surface area contributed by atoms with Crippen LogP contribution in [-0.2, 0) is 0 Å². The number of anilines is 1. The van der Waals surface area contributed by atoms with Gasteiger partial charge in [0.25, 0.3) is 5.91 Å². The molecule has 0 aliphatic rings. The van der Waals surface area contributed by atoms with Gasteiger partial charge in [0.2, 0.25) is 0 Å². The highest BCUT2D eigenvalue weighted by Crippen LogP contribution is 2.23. The smallest absolute Gasteiger partial charge is 0.260 e. The lowest BCUT2D eigenvalue weighted by Crippen LogP contribution is -2.27. The first-order valence-corrected chi connectivity index (χ1v) is 6.49. The van der Waals surface area contributed by atoms with Crippen LogP contribution in [0.2, 0.25) is 0 Å². The van der Waals surface area contributed by atoms with Crippen LogP contribution in [0.4, 0.5) is 10.1 Å².